The predicted molar refractivity (Wildman–Crippen MR) is 77.7 cm³/mol. The first-order valence-electron chi connectivity index (χ1n) is 6.93. The summed E-state index contributed by atoms with van der Waals surface area (Å²) in [6.07, 6.45) is 0.959. The maximum absolute atomic E-state index is 14.0. The van der Waals surface area contributed by atoms with E-state index in [1.165, 1.54) is 5.56 Å². The lowest BCUT2D eigenvalue weighted by Crippen LogP contribution is -2.23. The van der Waals surface area contributed by atoms with E-state index in [1.807, 2.05) is 31.2 Å². The Morgan fingerprint density at radius 1 is 1.00 bits per heavy atom. The van der Waals surface area contributed by atoms with E-state index in [0.29, 0.717) is 12.1 Å². The Hall–Kier alpha value is -1.74. The van der Waals surface area contributed by atoms with Gasteiger partial charge in [-0.3, -0.25) is 0 Å². The van der Waals surface area contributed by atoms with E-state index in [9.17, 15) is 8.78 Å². The van der Waals surface area contributed by atoms with Crippen molar-refractivity contribution in [2.24, 2.45) is 0 Å². The second-order valence-electron chi connectivity index (χ2n) is 4.73. The van der Waals surface area contributed by atoms with Crippen molar-refractivity contribution in [1.82, 2.24) is 5.32 Å². The maximum Gasteiger partial charge on any atom is 0.163 e. The second-order valence-corrected chi connectivity index (χ2v) is 4.73. The molecule has 0 aliphatic heterocycles. The van der Waals surface area contributed by atoms with Gasteiger partial charge in [0.2, 0.25) is 0 Å². The van der Waals surface area contributed by atoms with Crippen LogP contribution in [0.2, 0.25) is 0 Å². The maximum atomic E-state index is 14.0. The molecule has 0 bridgehead atoms. The molecule has 0 aliphatic carbocycles. The summed E-state index contributed by atoms with van der Waals surface area (Å²) in [7, 11) is 0. The molecule has 0 heterocycles. The molecule has 1 atom stereocenters. The van der Waals surface area contributed by atoms with Gasteiger partial charge >= 0.3 is 0 Å². The summed E-state index contributed by atoms with van der Waals surface area (Å²) in [4.78, 5) is 0. The minimum atomic E-state index is -0.810. The second kappa shape index (κ2) is 6.62. The third-order valence-electron chi connectivity index (χ3n) is 3.42. The lowest BCUT2D eigenvalue weighted by atomic mass is 9.96. The van der Waals surface area contributed by atoms with Gasteiger partial charge in [-0.2, -0.15) is 0 Å². The van der Waals surface area contributed by atoms with Crippen LogP contribution in [-0.4, -0.2) is 6.54 Å². The van der Waals surface area contributed by atoms with Gasteiger partial charge in [-0.15, -0.1) is 0 Å². The fraction of sp³-hybridized carbons (Fsp3) is 0.294. The molecule has 0 aromatic heterocycles. The van der Waals surface area contributed by atoms with E-state index >= 15 is 0 Å². The standard InChI is InChI=1S/C17H19F2N/c1-3-12-8-10-13(11-9-12)17(20-4-2)14-6-5-7-15(18)16(14)19/h5-11,17,20H,3-4H2,1-2H3. The summed E-state index contributed by atoms with van der Waals surface area (Å²) in [5.41, 5.74) is 2.51. The first-order valence-corrected chi connectivity index (χ1v) is 6.93. The monoisotopic (exact) mass is 275 g/mol. The molecule has 2 aromatic carbocycles. The molecule has 0 amide bonds. The lowest BCUT2D eigenvalue weighted by molar-refractivity contribution is 0.483. The number of aryl methyl sites for hydroxylation is 1. The molecule has 2 rings (SSSR count). The average molecular weight is 275 g/mol. The van der Waals surface area contributed by atoms with Gasteiger partial charge in [-0.05, 0) is 30.2 Å². The van der Waals surface area contributed by atoms with E-state index < -0.39 is 11.6 Å². The molecule has 0 fully saturated rings. The first-order chi connectivity index (χ1) is 9.67. The van der Waals surface area contributed by atoms with Gasteiger partial charge in [-0.1, -0.05) is 50.2 Å². The Balaban J connectivity index is 2.41. The fourth-order valence-electron chi connectivity index (χ4n) is 2.30. The summed E-state index contributed by atoms with van der Waals surface area (Å²) in [6, 6.07) is 12.0. The minimum Gasteiger partial charge on any atom is -0.306 e. The average Bonchev–Trinajstić information content (AvgIpc) is 2.48. The number of rotatable bonds is 5. The SMILES string of the molecule is CCNC(c1ccc(CC)cc1)c1cccc(F)c1F. The Morgan fingerprint density at radius 3 is 2.30 bits per heavy atom. The highest BCUT2D eigenvalue weighted by atomic mass is 19.2. The van der Waals surface area contributed by atoms with Gasteiger partial charge in [0.25, 0.3) is 0 Å². The number of nitrogens with one attached hydrogen (secondary N) is 1. The lowest BCUT2D eigenvalue weighted by Gasteiger charge is -2.20. The summed E-state index contributed by atoms with van der Waals surface area (Å²) >= 11 is 0. The van der Waals surface area contributed by atoms with Crippen molar-refractivity contribution in [3.8, 4) is 0 Å². The van der Waals surface area contributed by atoms with Crippen LogP contribution in [0.25, 0.3) is 0 Å². The van der Waals surface area contributed by atoms with Gasteiger partial charge in [0.1, 0.15) is 0 Å². The van der Waals surface area contributed by atoms with Crippen LogP contribution in [0.5, 0.6) is 0 Å². The van der Waals surface area contributed by atoms with Crippen LogP contribution < -0.4 is 5.32 Å². The van der Waals surface area contributed by atoms with Crippen molar-refractivity contribution in [1.29, 1.82) is 0 Å². The molecule has 0 radical (unpaired) electrons. The van der Waals surface area contributed by atoms with Gasteiger partial charge < -0.3 is 5.32 Å². The highest BCUT2D eigenvalue weighted by Crippen LogP contribution is 2.26. The molecule has 2 aromatic rings. The Labute approximate surface area is 118 Å². The molecule has 3 heteroatoms. The van der Waals surface area contributed by atoms with Crippen LogP contribution in [-0.2, 0) is 6.42 Å². The number of benzene rings is 2. The van der Waals surface area contributed by atoms with E-state index in [1.54, 1.807) is 12.1 Å². The van der Waals surface area contributed by atoms with Crippen molar-refractivity contribution in [3.05, 3.63) is 70.8 Å². The van der Waals surface area contributed by atoms with Crippen LogP contribution in [0, 0.1) is 11.6 Å². The minimum absolute atomic E-state index is 0.332. The molecule has 1 N–H and O–H groups in total. The molecular weight excluding hydrogens is 256 g/mol. The smallest absolute Gasteiger partial charge is 0.163 e. The third-order valence-corrected chi connectivity index (χ3v) is 3.42. The summed E-state index contributed by atoms with van der Waals surface area (Å²) in [5.74, 6) is -1.59. The Morgan fingerprint density at radius 2 is 1.70 bits per heavy atom. The summed E-state index contributed by atoms with van der Waals surface area (Å²) < 4.78 is 27.4. The van der Waals surface area contributed by atoms with Crippen LogP contribution in [0.1, 0.15) is 36.6 Å². The molecule has 0 spiro atoms. The van der Waals surface area contributed by atoms with Crippen LogP contribution >= 0.6 is 0 Å². The quantitative estimate of drug-likeness (QED) is 0.861. The summed E-state index contributed by atoms with van der Waals surface area (Å²) in [5, 5.41) is 3.21. The number of hydrogen-bond donors (Lipinski definition) is 1. The third kappa shape index (κ3) is 3.05. The van der Waals surface area contributed by atoms with Gasteiger partial charge in [0.15, 0.2) is 11.6 Å². The molecule has 1 unspecified atom stereocenters. The van der Waals surface area contributed by atoms with Gasteiger partial charge in [0.05, 0.1) is 6.04 Å². The van der Waals surface area contributed by atoms with Crippen molar-refractivity contribution in [2.45, 2.75) is 26.3 Å². The van der Waals surface area contributed by atoms with Crippen molar-refractivity contribution in [3.63, 3.8) is 0 Å². The largest absolute Gasteiger partial charge is 0.306 e. The molecule has 0 saturated carbocycles. The first kappa shape index (κ1) is 14.7. The normalized spacial score (nSPS) is 12.4. The highest BCUT2D eigenvalue weighted by molar-refractivity contribution is 5.34. The topological polar surface area (TPSA) is 12.0 Å². The summed E-state index contributed by atoms with van der Waals surface area (Å²) in [6.45, 7) is 4.71. The van der Waals surface area contributed by atoms with E-state index in [-0.39, 0.29) is 6.04 Å². The fourth-order valence-corrected chi connectivity index (χ4v) is 2.30. The Kier molecular flexibility index (Phi) is 4.85. The molecular formula is C17H19F2N. The van der Waals surface area contributed by atoms with E-state index in [0.717, 1.165) is 18.1 Å². The zero-order valence-corrected chi connectivity index (χ0v) is 11.8. The molecule has 0 aliphatic rings. The molecule has 0 saturated heterocycles. The molecule has 106 valence electrons. The highest BCUT2D eigenvalue weighted by Gasteiger charge is 2.19. The van der Waals surface area contributed by atoms with Gasteiger partial charge in [0, 0.05) is 5.56 Å². The van der Waals surface area contributed by atoms with Crippen LogP contribution in [0.15, 0.2) is 42.5 Å². The number of hydrogen-bond acceptors (Lipinski definition) is 1. The zero-order chi connectivity index (χ0) is 14.5. The molecule has 1 nitrogen and oxygen atoms in total. The van der Waals surface area contributed by atoms with Crippen LogP contribution in [0.4, 0.5) is 8.78 Å². The Bertz CT molecular complexity index is 564. The zero-order valence-electron chi connectivity index (χ0n) is 11.8. The van der Waals surface area contributed by atoms with E-state index in [2.05, 4.69) is 12.2 Å². The van der Waals surface area contributed by atoms with Crippen molar-refractivity contribution < 1.29 is 8.78 Å². The van der Waals surface area contributed by atoms with Crippen LogP contribution in [0.3, 0.4) is 0 Å². The van der Waals surface area contributed by atoms with Gasteiger partial charge in [-0.25, -0.2) is 8.78 Å². The van der Waals surface area contributed by atoms with Crippen molar-refractivity contribution >= 4 is 0 Å². The molecule has 20 heavy (non-hydrogen) atoms. The number of halogens is 2. The predicted octanol–water partition coefficient (Wildman–Crippen LogP) is 4.23. The van der Waals surface area contributed by atoms with Crippen molar-refractivity contribution in [2.75, 3.05) is 6.54 Å². The van der Waals surface area contributed by atoms with E-state index in [4.69, 9.17) is 0 Å².